The smallest absolute Gasteiger partial charge is 0.119 e. The minimum atomic E-state index is -0.503. The number of nitrogens with two attached hydrogens (primary N) is 1. The largest absolute Gasteiger partial charge is 0.497 e. The minimum Gasteiger partial charge on any atom is -0.497 e. The maximum absolute atomic E-state index is 10.1. The van der Waals surface area contributed by atoms with Crippen molar-refractivity contribution in [3.63, 3.8) is 0 Å². The quantitative estimate of drug-likeness (QED) is 0.650. The molecule has 2 rings (SSSR count). The second-order valence-corrected chi connectivity index (χ2v) is 5.27. The molecule has 1 unspecified atom stereocenters. The number of benzene rings is 2. The van der Waals surface area contributed by atoms with Gasteiger partial charge in [0.25, 0.3) is 0 Å². The van der Waals surface area contributed by atoms with Crippen LogP contribution in [0.2, 0.25) is 0 Å². The first-order chi connectivity index (χ1) is 9.19. The number of thioether (sulfide) groups is 1. The summed E-state index contributed by atoms with van der Waals surface area (Å²) in [5.41, 5.74) is 7.21. The standard InChI is InChI=1S/C15H17NO2S/c1-18-13-3-2-4-14(9-13)19-10-15(17)11-5-7-12(16)8-6-11/h2-9,15,17H,10,16H2,1H3. The lowest BCUT2D eigenvalue weighted by molar-refractivity contribution is 0.204. The lowest BCUT2D eigenvalue weighted by Gasteiger charge is -2.11. The van der Waals surface area contributed by atoms with Crippen LogP contribution in [0.15, 0.2) is 53.4 Å². The highest BCUT2D eigenvalue weighted by molar-refractivity contribution is 7.99. The van der Waals surface area contributed by atoms with E-state index in [1.807, 2.05) is 36.4 Å². The summed E-state index contributed by atoms with van der Waals surface area (Å²) >= 11 is 1.60. The molecule has 0 amide bonds. The van der Waals surface area contributed by atoms with Crippen molar-refractivity contribution in [3.05, 3.63) is 54.1 Å². The summed E-state index contributed by atoms with van der Waals surface area (Å²) in [5.74, 6) is 1.42. The van der Waals surface area contributed by atoms with E-state index in [2.05, 4.69) is 0 Å². The highest BCUT2D eigenvalue weighted by Gasteiger charge is 2.08. The fourth-order valence-corrected chi connectivity index (χ4v) is 2.60. The number of rotatable bonds is 5. The second-order valence-electron chi connectivity index (χ2n) is 4.17. The zero-order chi connectivity index (χ0) is 13.7. The third kappa shape index (κ3) is 3.91. The molecule has 3 N–H and O–H groups in total. The van der Waals surface area contributed by atoms with E-state index in [1.54, 1.807) is 31.0 Å². The topological polar surface area (TPSA) is 55.5 Å². The Hall–Kier alpha value is -1.65. The average Bonchev–Trinajstić information content (AvgIpc) is 2.46. The molecule has 0 aliphatic carbocycles. The highest BCUT2D eigenvalue weighted by atomic mass is 32.2. The van der Waals surface area contributed by atoms with Gasteiger partial charge in [-0.1, -0.05) is 18.2 Å². The van der Waals surface area contributed by atoms with Gasteiger partial charge < -0.3 is 15.6 Å². The second kappa shape index (κ2) is 6.50. The number of anilines is 1. The Kier molecular flexibility index (Phi) is 4.71. The van der Waals surface area contributed by atoms with Crippen molar-refractivity contribution >= 4 is 17.4 Å². The van der Waals surface area contributed by atoms with E-state index in [-0.39, 0.29) is 0 Å². The maximum Gasteiger partial charge on any atom is 0.119 e. The molecule has 4 heteroatoms. The Morgan fingerprint density at radius 3 is 2.63 bits per heavy atom. The molecule has 0 aliphatic heterocycles. The average molecular weight is 275 g/mol. The van der Waals surface area contributed by atoms with Gasteiger partial charge in [-0.05, 0) is 35.9 Å². The van der Waals surface area contributed by atoms with Crippen molar-refractivity contribution in [1.82, 2.24) is 0 Å². The van der Waals surface area contributed by atoms with E-state index >= 15 is 0 Å². The molecule has 1 atom stereocenters. The molecule has 0 aliphatic rings. The van der Waals surface area contributed by atoms with Crippen LogP contribution in [0.4, 0.5) is 5.69 Å². The summed E-state index contributed by atoms with van der Waals surface area (Å²) in [6.07, 6.45) is -0.503. The van der Waals surface area contributed by atoms with Crippen molar-refractivity contribution in [2.45, 2.75) is 11.0 Å². The van der Waals surface area contributed by atoms with Crippen LogP contribution in [0.25, 0.3) is 0 Å². The summed E-state index contributed by atoms with van der Waals surface area (Å²) in [7, 11) is 1.65. The lowest BCUT2D eigenvalue weighted by atomic mass is 10.1. The Balaban J connectivity index is 1.96. The molecule has 0 saturated heterocycles. The molecule has 0 radical (unpaired) electrons. The Morgan fingerprint density at radius 2 is 1.95 bits per heavy atom. The molecule has 2 aromatic rings. The third-order valence-electron chi connectivity index (χ3n) is 2.77. The van der Waals surface area contributed by atoms with Gasteiger partial charge in [0.2, 0.25) is 0 Å². The number of nitrogen functional groups attached to an aromatic ring is 1. The van der Waals surface area contributed by atoms with Crippen molar-refractivity contribution in [2.24, 2.45) is 0 Å². The molecule has 0 spiro atoms. The van der Waals surface area contributed by atoms with Gasteiger partial charge in [0.05, 0.1) is 13.2 Å². The molecule has 100 valence electrons. The first kappa shape index (κ1) is 13.8. The summed E-state index contributed by atoms with van der Waals surface area (Å²) in [5, 5.41) is 10.1. The molecule has 2 aromatic carbocycles. The molecular weight excluding hydrogens is 258 g/mol. The van der Waals surface area contributed by atoms with Gasteiger partial charge in [-0.15, -0.1) is 11.8 Å². The fraction of sp³-hybridized carbons (Fsp3) is 0.200. The van der Waals surface area contributed by atoms with Crippen LogP contribution in [-0.4, -0.2) is 18.0 Å². The Labute approximate surface area is 117 Å². The summed E-state index contributed by atoms with van der Waals surface area (Å²) in [4.78, 5) is 1.08. The normalized spacial score (nSPS) is 12.1. The van der Waals surface area contributed by atoms with E-state index < -0.39 is 6.10 Å². The highest BCUT2D eigenvalue weighted by Crippen LogP contribution is 2.27. The summed E-state index contributed by atoms with van der Waals surface area (Å²) in [6, 6.07) is 15.1. The Morgan fingerprint density at radius 1 is 1.21 bits per heavy atom. The van der Waals surface area contributed by atoms with Crippen LogP contribution in [0.1, 0.15) is 11.7 Å². The van der Waals surface area contributed by atoms with Crippen molar-refractivity contribution in [3.8, 4) is 5.75 Å². The predicted octanol–water partition coefficient (Wildman–Crippen LogP) is 3.10. The van der Waals surface area contributed by atoms with Crippen molar-refractivity contribution in [1.29, 1.82) is 0 Å². The van der Waals surface area contributed by atoms with Crippen LogP contribution in [0.3, 0.4) is 0 Å². The van der Waals surface area contributed by atoms with Crippen LogP contribution >= 0.6 is 11.8 Å². The number of ether oxygens (including phenoxy) is 1. The van der Waals surface area contributed by atoms with Crippen LogP contribution in [0.5, 0.6) is 5.75 Å². The summed E-state index contributed by atoms with van der Waals surface area (Å²) in [6.45, 7) is 0. The van der Waals surface area contributed by atoms with Gasteiger partial charge in [0.15, 0.2) is 0 Å². The van der Waals surface area contributed by atoms with E-state index in [1.165, 1.54) is 0 Å². The van der Waals surface area contributed by atoms with E-state index in [4.69, 9.17) is 10.5 Å². The van der Waals surface area contributed by atoms with Crippen LogP contribution < -0.4 is 10.5 Å². The van der Waals surface area contributed by atoms with Gasteiger partial charge >= 0.3 is 0 Å². The first-order valence-electron chi connectivity index (χ1n) is 5.99. The molecular formula is C15H17NO2S. The third-order valence-corrected chi connectivity index (χ3v) is 3.84. The zero-order valence-electron chi connectivity index (χ0n) is 10.7. The van der Waals surface area contributed by atoms with Gasteiger partial charge in [-0.3, -0.25) is 0 Å². The lowest BCUT2D eigenvalue weighted by Crippen LogP contribution is -2.00. The molecule has 19 heavy (non-hydrogen) atoms. The number of aliphatic hydroxyl groups is 1. The van der Waals surface area contributed by atoms with Crippen LogP contribution in [-0.2, 0) is 0 Å². The van der Waals surface area contributed by atoms with Gasteiger partial charge in [-0.25, -0.2) is 0 Å². The fourth-order valence-electron chi connectivity index (χ4n) is 1.68. The van der Waals surface area contributed by atoms with Crippen molar-refractivity contribution < 1.29 is 9.84 Å². The number of hydrogen-bond acceptors (Lipinski definition) is 4. The number of methoxy groups -OCH3 is 1. The molecule has 0 aromatic heterocycles. The monoisotopic (exact) mass is 275 g/mol. The van der Waals surface area contributed by atoms with E-state index in [0.717, 1.165) is 16.2 Å². The molecule has 0 saturated carbocycles. The molecule has 0 bridgehead atoms. The first-order valence-corrected chi connectivity index (χ1v) is 6.98. The minimum absolute atomic E-state index is 0.503. The van der Waals surface area contributed by atoms with Crippen molar-refractivity contribution in [2.75, 3.05) is 18.6 Å². The maximum atomic E-state index is 10.1. The molecule has 3 nitrogen and oxygen atoms in total. The number of aliphatic hydroxyl groups excluding tert-OH is 1. The van der Waals surface area contributed by atoms with E-state index in [0.29, 0.717) is 11.4 Å². The van der Waals surface area contributed by atoms with E-state index in [9.17, 15) is 5.11 Å². The van der Waals surface area contributed by atoms with Gasteiger partial charge in [-0.2, -0.15) is 0 Å². The zero-order valence-corrected chi connectivity index (χ0v) is 11.6. The van der Waals surface area contributed by atoms with Crippen LogP contribution in [0, 0.1) is 0 Å². The molecule has 0 fully saturated rings. The Bertz CT molecular complexity index is 528. The SMILES string of the molecule is COc1cccc(SCC(O)c2ccc(N)cc2)c1. The number of hydrogen-bond donors (Lipinski definition) is 2. The van der Waals surface area contributed by atoms with Gasteiger partial charge in [0.1, 0.15) is 5.75 Å². The predicted molar refractivity (Wildman–Crippen MR) is 79.5 cm³/mol. The van der Waals surface area contributed by atoms with Gasteiger partial charge in [0, 0.05) is 16.3 Å². The molecule has 0 heterocycles. The summed E-state index contributed by atoms with van der Waals surface area (Å²) < 4.78 is 5.17.